The summed E-state index contributed by atoms with van der Waals surface area (Å²) in [4.78, 5) is 0. The molecule has 3 aromatic carbocycles. The lowest BCUT2D eigenvalue weighted by Gasteiger charge is -2.33. The summed E-state index contributed by atoms with van der Waals surface area (Å²) in [5.41, 5.74) is -2.40. The topological polar surface area (TPSA) is 0 Å². The summed E-state index contributed by atoms with van der Waals surface area (Å²) in [6, 6.07) is 9.28. The minimum absolute atomic E-state index is 0.0967. The fourth-order valence-electron chi connectivity index (χ4n) is 4.47. The van der Waals surface area contributed by atoms with Crippen molar-refractivity contribution in [2.75, 3.05) is 0 Å². The number of hydrogen-bond donors (Lipinski definition) is 0. The molecule has 4 rings (SSSR count). The first-order valence-electron chi connectivity index (χ1n) is 11.4. The number of benzene rings is 3. The fourth-order valence-corrected chi connectivity index (χ4v) is 4.47. The first-order chi connectivity index (χ1) is 16.5. The van der Waals surface area contributed by atoms with E-state index in [9.17, 15) is 13.2 Å². The van der Waals surface area contributed by atoms with E-state index >= 15 is 17.6 Å². The molecule has 0 radical (unpaired) electrons. The lowest BCUT2D eigenvalue weighted by atomic mass is 9.82. The molecule has 7 heteroatoms. The van der Waals surface area contributed by atoms with Gasteiger partial charge in [-0.1, -0.05) is 75.2 Å². The third-order valence-corrected chi connectivity index (χ3v) is 6.30. The molecule has 0 aromatic heterocycles. The van der Waals surface area contributed by atoms with Crippen molar-refractivity contribution in [1.29, 1.82) is 0 Å². The Hall–Kier alpha value is -3.09. The second-order valence-electron chi connectivity index (χ2n) is 8.70. The van der Waals surface area contributed by atoms with Gasteiger partial charge in [0.2, 0.25) is 0 Å². The maximum Gasteiger partial charge on any atom is 0.340 e. The maximum absolute atomic E-state index is 15.2. The van der Waals surface area contributed by atoms with Gasteiger partial charge in [0, 0.05) is 16.7 Å². The van der Waals surface area contributed by atoms with Gasteiger partial charge in [-0.2, -0.15) is 17.6 Å². The van der Waals surface area contributed by atoms with Crippen molar-refractivity contribution in [1.82, 2.24) is 0 Å². The lowest BCUT2D eigenvalue weighted by Crippen LogP contribution is -2.44. The Balaban J connectivity index is 1.87. The number of hydrogen-bond acceptors (Lipinski definition) is 0. The summed E-state index contributed by atoms with van der Waals surface area (Å²) >= 11 is 0. The highest BCUT2D eigenvalue weighted by atomic mass is 19.3. The van der Waals surface area contributed by atoms with Gasteiger partial charge in [-0.3, -0.25) is 0 Å². The van der Waals surface area contributed by atoms with E-state index in [4.69, 9.17) is 0 Å². The van der Waals surface area contributed by atoms with Crippen molar-refractivity contribution >= 4 is 21.9 Å². The van der Waals surface area contributed by atoms with Gasteiger partial charge in [0.25, 0.3) is 0 Å². The molecule has 0 amide bonds. The van der Waals surface area contributed by atoms with Crippen LogP contribution in [0.15, 0.2) is 54.6 Å². The van der Waals surface area contributed by atoms with E-state index in [1.54, 1.807) is 19.1 Å². The molecular weight excluding hydrogens is 469 g/mol. The first kappa shape index (κ1) is 25.0. The van der Waals surface area contributed by atoms with E-state index in [-0.39, 0.29) is 22.9 Å². The van der Waals surface area contributed by atoms with E-state index in [1.165, 1.54) is 24.3 Å². The summed E-state index contributed by atoms with van der Waals surface area (Å²) in [5, 5.41) is -0.885. The van der Waals surface area contributed by atoms with Crippen LogP contribution in [0.5, 0.6) is 0 Å². The molecule has 184 valence electrons. The van der Waals surface area contributed by atoms with Crippen LogP contribution in [-0.2, 0) is 12.8 Å². The van der Waals surface area contributed by atoms with Crippen LogP contribution in [0.25, 0.3) is 21.9 Å². The van der Waals surface area contributed by atoms with Gasteiger partial charge in [0.1, 0.15) is 5.82 Å². The van der Waals surface area contributed by atoms with Gasteiger partial charge >= 0.3 is 11.8 Å². The van der Waals surface area contributed by atoms with E-state index < -0.39 is 51.4 Å². The van der Waals surface area contributed by atoms with Crippen LogP contribution >= 0.6 is 0 Å². The molecule has 0 heterocycles. The highest BCUT2D eigenvalue weighted by Gasteiger charge is 2.62. The molecule has 0 spiro atoms. The van der Waals surface area contributed by atoms with Gasteiger partial charge in [0.15, 0.2) is 11.6 Å². The van der Waals surface area contributed by atoms with E-state index in [1.807, 2.05) is 6.92 Å². The second kappa shape index (κ2) is 9.17. The molecule has 0 atom stereocenters. The Morgan fingerprint density at radius 2 is 1.26 bits per heavy atom. The molecule has 1 aliphatic rings. The lowest BCUT2D eigenvalue weighted by molar-refractivity contribution is -0.133. The van der Waals surface area contributed by atoms with Crippen LogP contribution in [0, 0.1) is 17.5 Å². The molecule has 0 saturated heterocycles. The predicted octanol–water partition coefficient (Wildman–Crippen LogP) is 8.91. The Bertz CT molecular complexity index is 1330. The number of halogens is 7. The van der Waals surface area contributed by atoms with Gasteiger partial charge in [-0.15, -0.1) is 0 Å². The molecular formula is C28H23F7. The van der Waals surface area contributed by atoms with Gasteiger partial charge in [-0.25, -0.2) is 13.2 Å². The third-order valence-electron chi connectivity index (χ3n) is 6.30. The maximum atomic E-state index is 15.2. The zero-order valence-electron chi connectivity index (χ0n) is 19.2. The van der Waals surface area contributed by atoms with Crippen molar-refractivity contribution in [2.45, 2.75) is 51.4 Å². The molecule has 0 N–H and O–H groups in total. The molecule has 0 aliphatic heterocycles. The summed E-state index contributed by atoms with van der Waals surface area (Å²) in [7, 11) is 0. The summed E-state index contributed by atoms with van der Waals surface area (Å²) in [6.07, 6.45) is 3.84. The highest BCUT2D eigenvalue weighted by Crippen LogP contribution is 2.54. The molecule has 3 aromatic rings. The van der Waals surface area contributed by atoms with Crippen molar-refractivity contribution in [3.05, 3.63) is 94.3 Å². The number of alkyl halides is 4. The average Bonchev–Trinajstić information content (AvgIpc) is 2.81. The molecule has 35 heavy (non-hydrogen) atoms. The van der Waals surface area contributed by atoms with E-state index in [2.05, 4.69) is 0 Å². The molecule has 1 aliphatic carbocycles. The summed E-state index contributed by atoms with van der Waals surface area (Å²) in [5.74, 6) is -14.0. The van der Waals surface area contributed by atoms with Crippen LogP contribution in [0.4, 0.5) is 30.7 Å². The highest BCUT2D eigenvalue weighted by molar-refractivity contribution is 5.92. The van der Waals surface area contributed by atoms with Crippen molar-refractivity contribution in [2.24, 2.45) is 0 Å². The van der Waals surface area contributed by atoms with Crippen molar-refractivity contribution in [3.63, 3.8) is 0 Å². The minimum atomic E-state index is -4.85. The summed E-state index contributed by atoms with van der Waals surface area (Å²) < 4.78 is 105. The predicted molar refractivity (Wildman–Crippen MR) is 124 cm³/mol. The monoisotopic (exact) mass is 492 g/mol. The molecule has 0 saturated carbocycles. The second-order valence-corrected chi connectivity index (χ2v) is 8.70. The smallest absolute Gasteiger partial charge is 0.206 e. The Kier molecular flexibility index (Phi) is 6.56. The Morgan fingerprint density at radius 1 is 0.657 bits per heavy atom. The van der Waals surface area contributed by atoms with Crippen molar-refractivity contribution < 1.29 is 30.7 Å². The normalized spacial score (nSPS) is 16.8. The Labute approximate surface area is 198 Å². The molecule has 0 unspecified atom stereocenters. The van der Waals surface area contributed by atoms with Crippen molar-refractivity contribution in [3.8, 4) is 0 Å². The number of aryl methyl sites for hydroxylation is 2. The standard InChI is InChI=1S/C28H23F7/c1-3-5-16-7-9-17(10-8-16)21-13-14-22(28(34,35)27(21,32)33)20-15-19-12-11-18(6-4-2)24(29)23(19)26(31)25(20)30/h7-15H,3-6H2,1-2H3. The molecule has 0 nitrogen and oxygen atoms in total. The van der Waals surface area contributed by atoms with Crippen LogP contribution in [0.3, 0.4) is 0 Å². The minimum Gasteiger partial charge on any atom is -0.206 e. The van der Waals surface area contributed by atoms with E-state index in [0.29, 0.717) is 18.9 Å². The third kappa shape index (κ3) is 4.05. The van der Waals surface area contributed by atoms with Crippen LogP contribution in [0.2, 0.25) is 0 Å². The molecule has 0 fully saturated rings. The van der Waals surface area contributed by atoms with Gasteiger partial charge in [0.05, 0.1) is 5.39 Å². The van der Waals surface area contributed by atoms with E-state index in [0.717, 1.165) is 24.1 Å². The summed E-state index contributed by atoms with van der Waals surface area (Å²) in [6.45, 7) is 3.73. The van der Waals surface area contributed by atoms with Crippen LogP contribution < -0.4 is 0 Å². The molecule has 0 bridgehead atoms. The number of rotatable bonds is 6. The Morgan fingerprint density at radius 3 is 1.89 bits per heavy atom. The largest absolute Gasteiger partial charge is 0.340 e. The van der Waals surface area contributed by atoms with Crippen LogP contribution in [0.1, 0.15) is 48.9 Å². The number of fused-ring (bicyclic) bond motifs is 1. The first-order valence-corrected chi connectivity index (χ1v) is 11.4. The van der Waals surface area contributed by atoms with Gasteiger partial charge < -0.3 is 0 Å². The SMILES string of the molecule is CCCc1ccc(C2=CC=C(c3cc4ccc(CCC)c(F)c4c(F)c3F)C(F)(F)C2(F)F)cc1. The van der Waals surface area contributed by atoms with Crippen LogP contribution in [-0.4, -0.2) is 11.8 Å². The zero-order chi connectivity index (χ0) is 25.5. The van der Waals surface area contributed by atoms with Gasteiger partial charge in [-0.05, 0) is 41.0 Å². The average molecular weight is 492 g/mol. The quantitative estimate of drug-likeness (QED) is 0.302. The number of allylic oxidation sites excluding steroid dienone is 4. The zero-order valence-corrected chi connectivity index (χ0v) is 19.2. The fraction of sp³-hybridized carbons (Fsp3) is 0.286.